The first kappa shape index (κ1) is 15.6. The smallest absolute Gasteiger partial charge is 0.258 e. The van der Waals surface area contributed by atoms with E-state index in [0.717, 1.165) is 0 Å². The van der Waals surface area contributed by atoms with E-state index >= 15 is 0 Å². The molecule has 0 aliphatic heterocycles. The Morgan fingerprint density at radius 2 is 1.26 bits per heavy atom. The van der Waals surface area contributed by atoms with E-state index in [0.29, 0.717) is 17.8 Å². The van der Waals surface area contributed by atoms with Crippen LogP contribution in [0.15, 0.2) is 52.7 Å². The van der Waals surface area contributed by atoms with E-state index in [4.69, 9.17) is 0 Å². The summed E-state index contributed by atoms with van der Waals surface area (Å²) in [5.41, 5.74) is -2.86. The van der Waals surface area contributed by atoms with Gasteiger partial charge in [-0.25, -0.2) is 0 Å². The molecule has 116 valence electrons. The van der Waals surface area contributed by atoms with Gasteiger partial charge in [0.2, 0.25) is 5.69 Å². The molecular weight excluding hydrogens is 310 g/mol. The maximum atomic E-state index is 11.0. The van der Waals surface area contributed by atoms with E-state index in [1.165, 1.54) is 12.1 Å². The van der Waals surface area contributed by atoms with Gasteiger partial charge in [-0.3, -0.25) is 30.3 Å². The Labute approximate surface area is 127 Å². The Bertz CT molecular complexity index is 785. The molecule has 0 aliphatic carbocycles. The van der Waals surface area contributed by atoms with Crippen LogP contribution in [0.4, 0.5) is 28.4 Å². The van der Waals surface area contributed by atoms with Crippen molar-refractivity contribution in [3.63, 3.8) is 0 Å². The number of non-ortho nitro benzene ring substituents is 1. The van der Waals surface area contributed by atoms with Gasteiger partial charge in [-0.05, 0) is 12.1 Å². The van der Waals surface area contributed by atoms with Crippen LogP contribution in [0.3, 0.4) is 0 Å². The molecule has 0 aromatic heterocycles. The van der Waals surface area contributed by atoms with Crippen molar-refractivity contribution in [2.75, 3.05) is 0 Å². The fourth-order valence-electron chi connectivity index (χ4n) is 1.68. The lowest BCUT2D eigenvalue weighted by molar-refractivity contribution is -0.402. The van der Waals surface area contributed by atoms with Crippen molar-refractivity contribution >= 4 is 28.4 Å². The number of nitro benzene ring substituents is 3. The summed E-state index contributed by atoms with van der Waals surface area (Å²) in [4.78, 5) is 29.9. The first-order valence-corrected chi connectivity index (χ1v) is 5.98. The van der Waals surface area contributed by atoms with Gasteiger partial charge in [0.15, 0.2) is 0 Å². The van der Waals surface area contributed by atoms with Crippen LogP contribution in [-0.2, 0) is 0 Å². The highest BCUT2D eigenvalue weighted by atomic mass is 16.6. The molecule has 2 rings (SSSR count). The monoisotopic (exact) mass is 317 g/mol. The van der Waals surface area contributed by atoms with Crippen LogP contribution in [-0.4, -0.2) is 14.8 Å². The number of azo groups is 1. The molecule has 0 radical (unpaired) electrons. The zero-order valence-corrected chi connectivity index (χ0v) is 11.2. The number of hydrogen-bond donors (Lipinski definition) is 0. The van der Waals surface area contributed by atoms with Crippen LogP contribution < -0.4 is 0 Å². The molecule has 23 heavy (non-hydrogen) atoms. The van der Waals surface area contributed by atoms with E-state index in [1.807, 2.05) is 0 Å². The average molecular weight is 317 g/mol. The van der Waals surface area contributed by atoms with Gasteiger partial charge in [-0.15, -0.1) is 5.11 Å². The molecule has 11 nitrogen and oxygen atoms in total. The van der Waals surface area contributed by atoms with Gasteiger partial charge in [0.05, 0.1) is 32.6 Å². The van der Waals surface area contributed by atoms with Gasteiger partial charge in [0.25, 0.3) is 5.69 Å². The van der Waals surface area contributed by atoms with Crippen molar-refractivity contribution in [1.82, 2.24) is 0 Å². The molecular formula is C12H7N5O6. The molecule has 0 fully saturated rings. The number of benzene rings is 2. The summed E-state index contributed by atoms with van der Waals surface area (Å²) in [6, 6.07) is 9.24. The normalized spacial score (nSPS) is 10.6. The van der Waals surface area contributed by atoms with E-state index in [9.17, 15) is 30.3 Å². The van der Waals surface area contributed by atoms with E-state index in [2.05, 4.69) is 10.2 Å². The fraction of sp³-hybridized carbons (Fsp3) is 0. The number of nitro groups is 3. The minimum atomic E-state index is -0.987. The lowest BCUT2D eigenvalue weighted by atomic mass is 10.2. The van der Waals surface area contributed by atoms with E-state index < -0.39 is 37.5 Å². The van der Waals surface area contributed by atoms with E-state index in [-0.39, 0.29) is 0 Å². The van der Waals surface area contributed by atoms with Crippen LogP contribution in [0.25, 0.3) is 0 Å². The van der Waals surface area contributed by atoms with Crippen molar-refractivity contribution in [3.05, 3.63) is 72.8 Å². The Hall–Kier alpha value is -3.76. The molecule has 0 aliphatic rings. The summed E-state index contributed by atoms with van der Waals surface area (Å²) in [6.07, 6.45) is 0. The van der Waals surface area contributed by atoms with Gasteiger partial charge in [-0.2, -0.15) is 5.11 Å². The Morgan fingerprint density at radius 3 is 1.70 bits per heavy atom. The van der Waals surface area contributed by atoms with Crippen LogP contribution in [0.2, 0.25) is 0 Å². The topological polar surface area (TPSA) is 154 Å². The lowest BCUT2D eigenvalue weighted by Gasteiger charge is -1.99. The zero-order valence-electron chi connectivity index (χ0n) is 11.2. The summed E-state index contributed by atoms with van der Waals surface area (Å²) < 4.78 is 0. The molecule has 2 aromatic carbocycles. The van der Waals surface area contributed by atoms with Crippen LogP contribution in [0, 0.1) is 30.3 Å². The number of rotatable bonds is 5. The van der Waals surface area contributed by atoms with Gasteiger partial charge >= 0.3 is 11.4 Å². The summed E-state index contributed by atoms with van der Waals surface area (Å²) in [5, 5.41) is 40.1. The summed E-state index contributed by atoms with van der Waals surface area (Å²) in [5.74, 6) is 0. The molecule has 0 saturated carbocycles. The second kappa shape index (κ2) is 6.34. The third kappa shape index (κ3) is 3.47. The van der Waals surface area contributed by atoms with Crippen molar-refractivity contribution in [1.29, 1.82) is 0 Å². The van der Waals surface area contributed by atoms with Crippen molar-refractivity contribution in [2.45, 2.75) is 0 Å². The minimum Gasteiger partial charge on any atom is -0.258 e. The second-order valence-corrected chi connectivity index (χ2v) is 4.14. The van der Waals surface area contributed by atoms with Crippen molar-refractivity contribution < 1.29 is 14.8 Å². The molecule has 0 N–H and O–H groups in total. The molecule has 0 saturated heterocycles. The van der Waals surface area contributed by atoms with Crippen LogP contribution in [0.1, 0.15) is 0 Å². The quantitative estimate of drug-likeness (QED) is 0.463. The molecule has 0 heterocycles. The molecule has 11 heteroatoms. The first-order valence-electron chi connectivity index (χ1n) is 5.98. The molecule has 0 atom stereocenters. The lowest BCUT2D eigenvalue weighted by Crippen LogP contribution is -1.97. The SMILES string of the molecule is O=[N+]([O-])c1cc([N+](=O)[O-])c(N=Nc2ccccc2)c([N+](=O)[O-])c1. The summed E-state index contributed by atoms with van der Waals surface area (Å²) in [7, 11) is 0. The maximum absolute atomic E-state index is 11.0. The maximum Gasteiger partial charge on any atom is 0.310 e. The first-order chi connectivity index (χ1) is 10.9. The van der Waals surface area contributed by atoms with Gasteiger partial charge in [-0.1, -0.05) is 18.2 Å². The second-order valence-electron chi connectivity index (χ2n) is 4.14. The number of hydrogen-bond acceptors (Lipinski definition) is 8. The largest absolute Gasteiger partial charge is 0.310 e. The Morgan fingerprint density at radius 1 is 0.739 bits per heavy atom. The Kier molecular flexibility index (Phi) is 4.31. The third-order valence-electron chi connectivity index (χ3n) is 2.68. The predicted octanol–water partition coefficient (Wildman–Crippen LogP) is 3.83. The molecule has 0 spiro atoms. The molecule has 0 amide bonds. The van der Waals surface area contributed by atoms with Gasteiger partial charge in [0, 0.05) is 0 Å². The minimum absolute atomic E-state index is 0.314. The number of nitrogens with zero attached hydrogens (tertiary/aromatic N) is 5. The molecule has 0 unspecified atom stereocenters. The molecule has 2 aromatic rings. The molecule has 0 bridgehead atoms. The van der Waals surface area contributed by atoms with Crippen molar-refractivity contribution in [3.8, 4) is 0 Å². The van der Waals surface area contributed by atoms with E-state index in [1.54, 1.807) is 18.2 Å². The third-order valence-corrected chi connectivity index (χ3v) is 2.68. The summed E-state index contributed by atoms with van der Waals surface area (Å²) >= 11 is 0. The fourth-order valence-corrected chi connectivity index (χ4v) is 1.68. The predicted molar refractivity (Wildman–Crippen MR) is 77.0 cm³/mol. The van der Waals surface area contributed by atoms with Gasteiger partial charge in [0.1, 0.15) is 0 Å². The van der Waals surface area contributed by atoms with Crippen LogP contribution >= 0.6 is 0 Å². The Balaban J connectivity index is 2.64. The van der Waals surface area contributed by atoms with Crippen LogP contribution in [0.5, 0.6) is 0 Å². The highest BCUT2D eigenvalue weighted by Crippen LogP contribution is 2.41. The standard InChI is InChI=1S/C12H7N5O6/c18-15(19)9-6-10(16(20)21)12(11(7-9)17(22)23)14-13-8-4-2-1-3-5-8/h1-7H. The zero-order chi connectivity index (χ0) is 17.0. The highest BCUT2D eigenvalue weighted by Gasteiger charge is 2.30. The van der Waals surface area contributed by atoms with Crippen molar-refractivity contribution in [2.24, 2.45) is 10.2 Å². The van der Waals surface area contributed by atoms with Gasteiger partial charge < -0.3 is 0 Å². The average Bonchev–Trinajstić information content (AvgIpc) is 2.52. The summed E-state index contributed by atoms with van der Waals surface area (Å²) in [6.45, 7) is 0. The highest BCUT2D eigenvalue weighted by molar-refractivity contribution is 5.73.